The van der Waals surface area contributed by atoms with Gasteiger partial charge in [0.05, 0.1) is 23.9 Å². The van der Waals surface area contributed by atoms with Crippen LogP contribution in [0.3, 0.4) is 0 Å². The van der Waals surface area contributed by atoms with Crippen molar-refractivity contribution in [2.45, 2.75) is 52.9 Å². The van der Waals surface area contributed by atoms with E-state index in [1.807, 2.05) is 4.68 Å². The molecule has 0 unspecified atom stereocenters. The quantitative estimate of drug-likeness (QED) is 0.870. The van der Waals surface area contributed by atoms with Gasteiger partial charge in [-0.1, -0.05) is 18.2 Å². The Bertz CT molecular complexity index is 674. The lowest BCUT2D eigenvalue weighted by Crippen LogP contribution is -2.51. The Morgan fingerprint density at radius 1 is 1.26 bits per heavy atom. The lowest BCUT2D eigenvalue weighted by Gasteiger charge is -2.41. The van der Waals surface area contributed by atoms with Crippen molar-refractivity contribution in [3.05, 3.63) is 35.2 Å². The lowest BCUT2D eigenvalue weighted by atomic mass is 10.1. The first-order valence-electron chi connectivity index (χ1n) is 8.10. The van der Waals surface area contributed by atoms with E-state index in [4.69, 9.17) is 4.74 Å². The van der Waals surface area contributed by atoms with Gasteiger partial charge in [0.15, 0.2) is 5.82 Å². The van der Waals surface area contributed by atoms with Gasteiger partial charge < -0.3 is 4.74 Å². The number of hydrogen-bond donors (Lipinski definition) is 0. The van der Waals surface area contributed by atoms with Crippen molar-refractivity contribution in [2.24, 2.45) is 0 Å². The third kappa shape index (κ3) is 3.43. The van der Waals surface area contributed by atoms with E-state index in [1.54, 1.807) is 0 Å². The number of ether oxygens (including phenoxy) is 1. The Morgan fingerprint density at radius 2 is 1.96 bits per heavy atom. The van der Waals surface area contributed by atoms with Crippen molar-refractivity contribution in [3.63, 3.8) is 0 Å². The van der Waals surface area contributed by atoms with Gasteiger partial charge >= 0.3 is 0 Å². The van der Waals surface area contributed by atoms with Gasteiger partial charge in [0, 0.05) is 13.1 Å². The first-order chi connectivity index (χ1) is 10.9. The molecule has 0 bridgehead atoms. The van der Waals surface area contributed by atoms with Gasteiger partial charge in [0.25, 0.3) is 0 Å². The predicted molar refractivity (Wildman–Crippen MR) is 88.5 cm³/mol. The molecule has 2 heterocycles. The number of nitrogens with zero attached hydrogens (tertiary/aromatic N) is 5. The van der Waals surface area contributed by atoms with Gasteiger partial charge in [-0.05, 0) is 56.2 Å². The summed E-state index contributed by atoms with van der Waals surface area (Å²) in [6.07, 6.45) is 0.211. The average molecular weight is 315 g/mol. The van der Waals surface area contributed by atoms with Crippen LogP contribution in [0.25, 0.3) is 5.69 Å². The Morgan fingerprint density at radius 3 is 2.61 bits per heavy atom. The van der Waals surface area contributed by atoms with Crippen LogP contribution in [0.1, 0.15) is 37.7 Å². The van der Waals surface area contributed by atoms with Gasteiger partial charge in [-0.25, -0.2) is 0 Å². The molecule has 124 valence electrons. The van der Waals surface area contributed by atoms with Crippen molar-refractivity contribution in [2.75, 3.05) is 13.1 Å². The van der Waals surface area contributed by atoms with E-state index in [0.29, 0.717) is 0 Å². The molecule has 0 saturated carbocycles. The molecule has 1 fully saturated rings. The highest BCUT2D eigenvalue weighted by molar-refractivity contribution is 5.46. The summed E-state index contributed by atoms with van der Waals surface area (Å²) in [5.41, 5.74) is 3.28. The van der Waals surface area contributed by atoms with Crippen LogP contribution in [0.2, 0.25) is 0 Å². The van der Waals surface area contributed by atoms with Crippen LogP contribution < -0.4 is 0 Å². The molecule has 1 aliphatic rings. The maximum absolute atomic E-state index is 5.98. The number of hydrogen-bond acceptors (Lipinski definition) is 5. The molecule has 0 N–H and O–H groups in total. The van der Waals surface area contributed by atoms with Crippen LogP contribution in [-0.4, -0.2) is 49.9 Å². The zero-order valence-corrected chi connectivity index (χ0v) is 14.6. The summed E-state index contributed by atoms with van der Waals surface area (Å²) in [4.78, 5) is 2.37. The maximum atomic E-state index is 5.98. The molecule has 1 aromatic heterocycles. The molecule has 1 saturated heterocycles. The van der Waals surface area contributed by atoms with Crippen LogP contribution in [0.5, 0.6) is 0 Å². The molecule has 1 aromatic carbocycles. The van der Waals surface area contributed by atoms with E-state index in [1.165, 1.54) is 11.1 Å². The van der Waals surface area contributed by atoms with Crippen molar-refractivity contribution in [1.82, 2.24) is 25.1 Å². The van der Waals surface area contributed by atoms with Crippen LogP contribution in [0.4, 0.5) is 0 Å². The van der Waals surface area contributed by atoms with E-state index in [9.17, 15) is 0 Å². The molecule has 0 radical (unpaired) electrons. The molecule has 2 aromatic rings. The van der Waals surface area contributed by atoms with Crippen LogP contribution in [0.15, 0.2) is 18.2 Å². The average Bonchev–Trinajstić information content (AvgIpc) is 2.84. The summed E-state index contributed by atoms with van der Waals surface area (Å²) < 4.78 is 7.85. The second kappa shape index (κ2) is 6.02. The molecule has 3 rings (SSSR count). The number of aromatic nitrogens is 4. The monoisotopic (exact) mass is 315 g/mol. The minimum Gasteiger partial charge on any atom is -0.370 e. The fourth-order valence-electron chi connectivity index (χ4n) is 3.52. The molecule has 0 spiro atoms. The molecule has 1 aliphatic heterocycles. The molecule has 0 aliphatic carbocycles. The highest BCUT2D eigenvalue weighted by Crippen LogP contribution is 2.23. The zero-order valence-electron chi connectivity index (χ0n) is 14.6. The number of morpholine rings is 1. The van der Waals surface area contributed by atoms with E-state index in [0.717, 1.165) is 31.1 Å². The maximum Gasteiger partial charge on any atom is 0.170 e. The molecule has 0 amide bonds. The molecule has 23 heavy (non-hydrogen) atoms. The highest BCUT2D eigenvalue weighted by Gasteiger charge is 2.32. The van der Waals surface area contributed by atoms with Crippen LogP contribution in [0, 0.1) is 13.8 Å². The standard InChI is InChI=1S/C17H25N5O/c1-12-7-6-8-13(2)16(12)22-15(18-19-20-22)10-21-9-14(3)23-17(4,5)11-21/h6-8,14H,9-11H2,1-5H3/t14-/m1/s1. The Labute approximate surface area is 137 Å². The summed E-state index contributed by atoms with van der Waals surface area (Å²) in [6.45, 7) is 13.0. The van der Waals surface area contributed by atoms with Gasteiger partial charge in [0.1, 0.15) is 0 Å². The number of aryl methyl sites for hydroxylation is 2. The molecule has 6 heteroatoms. The largest absolute Gasteiger partial charge is 0.370 e. The van der Waals surface area contributed by atoms with E-state index in [2.05, 4.69) is 73.2 Å². The summed E-state index contributed by atoms with van der Waals surface area (Å²) in [5.74, 6) is 0.868. The SMILES string of the molecule is Cc1cccc(C)c1-n1nnnc1CN1C[C@@H](C)OC(C)(C)C1. The zero-order chi connectivity index (χ0) is 16.6. The highest BCUT2D eigenvalue weighted by atomic mass is 16.5. The molecule has 6 nitrogen and oxygen atoms in total. The molecular weight excluding hydrogens is 290 g/mol. The third-order valence-corrected chi connectivity index (χ3v) is 4.19. The van der Waals surface area contributed by atoms with Gasteiger partial charge in [-0.2, -0.15) is 4.68 Å². The number of para-hydroxylation sites is 1. The van der Waals surface area contributed by atoms with E-state index >= 15 is 0 Å². The second-order valence-electron chi connectivity index (χ2n) is 7.11. The molecular formula is C17H25N5O. The summed E-state index contributed by atoms with van der Waals surface area (Å²) in [6, 6.07) is 6.24. The normalized spacial score (nSPS) is 21.5. The van der Waals surface area contributed by atoms with Gasteiger partial charge in [0.2, 0.25) is 0 Å². The van der Waals surface area contributed by atoms with Gasteiger partial charge in [-0.15, -0.1) is 5.10 Å². The van der Waals surface area contributed by atoms with Gasteiger partial charge in [-0.3, -0.25) is 4.90 Å². The Hall–Kier alpha value is -1.79. The summed E-state index contributed by atoms with van der Waals surface area (Å²) >= 11 is 0. The minimum atomic E-state index is -0.144. The van der Waals surface area contributed by atoms with Crippen molar-refractivity contribution >= 4 is 0 Å². The van der Waals surface area contributed by atoms with Crippen LogP contribution >= 0.6 is 0 Å². The second-order valence-corrected chi connectivity index (χ2v) is 7.11. The van der Waals surface area contributed by atoms with E-state index in [-0.39, 0.29) is 11.7 Å². The smallest absolute Gasteiger partial charge is 0.170 e. The summed E-state index contributed by atoms with van der Waals surface area (Å²) in [7, 11) is 0. The van der Waals surface area contributed by atoms with E-state index < -0.39 is 0 Å². The molecule has 1 atom stereocenters. The Balaban J connectivity index is 1.87. The van der Waals surface area contributed by atoms with Crippen LogP contribution in [-0.2, 0) is 11.3 Å². The Kier molecular flexibility index (Phi) is 4.21. The fraction of sp³-hybridized carbons (Fsp3) is 0.588. The number of rotatable bonds is 3. The first-order valence-corrected chi connectivity index (χ1v) is 8.10. The topological polar surface area (TPSA) is 56.1 Å². The first kappa shape index (κ1) is 16.1. The summed E-state index contributed by atoms with van der Waals surface area (Å²) in [5, 5.41) is 12.4. The van der Waals surface area contributed by atoms with Crippen molar-refractivity contribution < 1.29 is 4.74 Å². The predicted octanol–water partition coefficient (Wildman–Crippen LogP) is 2.28. The lowest BCUT2D eigenvalue weighted by molar-refractivity contribution is -0.131. The fourth-order valence-corrected chi connectivity index (χ4v) is 3.52. The number of benzene rings is 1. The number of tetrazole rings is 1. The van der Waals surface area contributed by atoms with Crippen molar-refractivity contribution in [3.8, 4) is 5.69 Å². The minimum absolute atomic E-state index is 0.144. The third-order valence-electron chi connectivity index (χ3n) is 4.19. The van der Waals surface area contributed by atoms with Crippen molar-refractivity contribution in [1.29, 1.82) is 0 Å².